The van der Waals surface area contributed by atoms with Gasteiger partial charge in [0, 0.05) is 5.54 Å². The van der Waals surface area contributed by atoms with Crippen molar-refractivity contribution in [2.24, 2.45) is 5.73 Å². The molecular formula is C12H17NO2. The lowest BCUT2D eigenvalue weighted by molar-refractivity contribution is 0.171. The molecule has 1 aromatic carbocycles. The predicted octanol–water partition coefficient (Wildman–Crippen LogP) is 1.96. The topological polar surface area (TPSA) is 44.5 Å². The molecule has 0 fully saturated rings. The van der Waals surface area contributed by atoms with Crippen molar-refractivity contribution in [3.8, 4) is 11.5 Å². The normalized spacial score (nSPS) is 15.2. The highest BCUT2D eigenvalue weighted by molar-refractivity contribution is 5.49. The molecule has 1 aliphatic rings. The Morgan fingerprint density at radius 1 is 1.13 bits per heavy atom. The van der Waals surface area contributed by atoms with Crippen LogP contribution in [0.3, 0.4) is 0 Å². The molecule has 0 unspecified atom stereocenters. The zero-order valence-electron chi connectivity index (χ0n) is 9.46. The Kier molecular flexibility index (Phi) is 2.35. The summed E-state index contributed by atoms with van der Waals surface area (Å²) in [5, 5.41) is 0. The summed E-state index contributed by atoms with van der Waals surface area (Å²) in [6.45, 7) is 7.26. The Bertz CT molecular complexity index is 380. The molecule has 2 rings (SSSR count). The maximum Gasteiger partial charge on any atom is 0.161 e. The molecule has 0 aliphatic carbocycles. The molecule has 0 saturated carbocycles. The third-order valence-electron chi connectivity index (χ3n) is 2.58. The molecule has 1 aromatic rings. The monoisotopic (exact) mass is 207 g/mol. The van der Waals surface area contributed by atoms with E-state index in [9.17, 15) is 0 Å². The summed E-state index contributed by atoms with van der Waals surface area (Å²) in [7, 11) is 0. The number of rotatable bonds is 1. The van der Waals surface area contributed by atoms with Crippen molar-refractivity contribution in [2.75, 3.05) is 13.2 Å². The van der Waals surface area contributed by atoms with Crippen LogP contribution in [0.2, 0.25) is 0 Å². The molecule has 0 amide bonds. The van der Waals surface area contributed by atoms with Crippen LogP contribution in [0.1, 0.15) is 25.0 Å². The van der Waals surface area contributed by atoms with E-state index in [0.717, 1.165) is 22.6 Å². The Balaban J connectivity index is 2.50. The number of benzene rings is 1. The van der Waals surface area contributed by atoms with Gasteiger partial charge in [0.1, 0.15) is 13.2 Å². The Hall–Kier alpha value is -1.22. The van der Waals surface area contributed by atoms with E-state index in [-0.39, 0.29) is 5.54 Å². The number of aryl methyl sites for hydroxylation is 1. The lowest BCUT2D eigenvalue weighted by atomic mass is 9.91. The zero-order valence-corrected chi connectivity index (χ0v) is 9.46. The maximum absolute atomic E-state index is 6.09. The Morgan fingerprint density at radius 3 is 2.20 bits per heavy atom. The van der Waals surface area contributed by atoms with Crippen LogP contribution in [0.15, 0.2) is 12.1 Å². The summed E-state index contributed by atoms with van der Waals surface area (Å²) in [6, 6.07) is 3.99. The highest BCUT2D eigenvalue weighted by Gasteiger charge is 2.21. The molecule has 0 atom stereocenters. The number of ether oxygens (including phenoxy) is 2. The summed E-state index contributed by atoms with van der Waals surface area (Å²) in [5.74, 6) is 1.63. The summed E-state index contributed by atoms with van der Waals surface area (Å²) < 4.78 is 11.0. The van der Waals surface area contributed by atoms with Gasteiger partial charge in [-0.15, -0.1) is 0 Å². The van der Waals surface area contributed by atoms with E-state index >= 15 is 0 Å². The fourth-order valence-corrected chi connectivity index (χ4v) is 1.88. The van der Waals surface area contributed by atoms with E-state index in [1.807, 2.05) is 32.9 Å². The number of nitrogens with two attached hydrogens (primary N) is 1. The van der Waals surface area contributed by atoms with Gasteiger partial charge in [-0.25, -0.2) is 0 Å². The van der Waals surface area contributed by atoms with Gasteiger partial charge in [-0.2, -0.15) is 0 Å². The third kappa shape index (κ3) is 1.92. The van der Waals surface area contributed by atoms with Gasteiger partial charge in [-0.05, 0) is 44.0 Å². The highest BCUT2D eigenvalue weighted by atomic mass is 16.6. The van der Waals surface area contributed by atoms with Gasteiger partial charge in [-0.1, -0.05) is 0 Å². The van der Waals surface area contributed by atoms with Crippen molar-refractivity contribution in [1.29, 1.82) is 0 Å². The van der Waals surface area contributed by atoms with E-state index in [4.69, 9.17) is 15.2 Å². The fraction of sp³-hybridized carbons (Fsp3) is 0.500. The minimum Gasteiger partial charge on any atom is -0.486 e. The second-order valence-corrected chi connectivity index (χ2v) is 4.53. The second kappa shape index (κ2) is 3.42. The number of hydrogen-bond donors (Lipinski definition) is 1. The van der Waals surface area contributed by atoms with Crippen LogP contribution >= 0.6 is 0 Å². The highest BCUT2D eigenvalue weighted by Crippen LogP contribution is 2.35. The van der Waals surface area contributed by atoms with Gasteiger partial charge >= 0.3 is 0 Å². The van der Waals surface area contributed by atoms with Crippen molar-refractivity contribution in [3.05, 3.63) is 23.3 Å². The third-order valence-corrected chi connectivity index (χ3v) is 2.58. The summed E-state index contributed by atoms with van der Waals surface area (Å²) in [6.07, 6.45) is 0. The van der Waals surface area contributed by atoms with Crippen LogP contribution in [0.5, 0.6) is 11.5 Å². The van der Waals surface area contributed by atoms with Crippen molar-refractivity contribution in [2.45, 2.75) is 26.3 Å². The van der Waals surface area contributed by atoms with Gasteiger partial charge < -0.3 is 15.2 Å². The fourth-order valence-electron chi connectivity index (χ4n) is 1.88. The first kappa shape index (κ1) is 10.3. The van der Waals surface area contributed by atoms with Gasteiger partial charge in [0.05, 0.1) is 0 Å². The Labute approximate surface area is 90.2 Å². The quantitative estimate of drug-likeness (QED) is 0.765. The standard InChI is InChI=1S/C12H17NO2/c1-8-6-10-11(15-5-4-14-10)7-9(8)12(2,3)13/h6-7H,4-5,13H2,1-3H3. The maximum atomic E-state index is 6.09. The molecule has 2 N–H and O–H groups in total. The van der Waals surface area contributed by atoms with Gasteiger partial charge in [-0.3, -0.25) is 0 Å². The average molecular weight is 207 g/mol. The van der Waals surface area contributed by atoms with Crippen molar-refractivity contribution in [3.63, 3.8) is 0 Å². The first-order valence-corrected chi connectivity index (χ1v) is 5.18. The smallest absolute Gasteiger partial charge is 0.161 e. The summed E-state index contributed by atoms with van der Waals surface area (Å²) in [4.78, 5) is 0. The number of fused-ring (bicyclic) bond motifs is 1. The van der Waals surface area contributed by atoms with E-state index in [1.165, 1.54) is 0 Å². The molecule has 0 saturated heterocycles. The van der Waals surface area contributed by atoms with Crippen LogP contribution in [-0.2, 0) is 5.54 Å². The van der Waals surface area contributed by atoms with Gasteiger partial charge in [0.15, 0.2) is 11.5 Å². The lowest BCUT2D eigenvalue weighted by Crippen LogP contribution is -2.30. The van der Waals surface area contributed by atoms with Crippen LogP contribution in [0, 0.1) is 6.92 Å². The molecule has 0 spiro atoms. The van der Waals surface area contributed by atoms with Gasteiger partial charge in [0.25, 0.3) is 0 Å². The molecular weight excluding hydrogens is 190 g/mol. The van der Waals surface area contributed by atoms with E-state index in [0.29, 0.717) is 13.2 Å². The summed E-state index contributed by atoms with van der Waals surface area (Å²) in [5.41, 5.74) is 8.00. The molecule has 0 aromatic heterocycles. The predicted molar refractivity (Wildman–Crippen MR) is 59.4 cm³/mol. The van der Waals surface area contributed by atoms with Crippen molar-refractivity contribution in [1.82, 2.24) is 0 Å². The van der Waals surface area contributed by atoms with E-state index in [1.54, 1.807) is 0 Å². The van der Waals surface area contributed by atoms with E-state index in [2.05, 4.69) is 0 Å². The molecule has 3 nitrogen and oxygen atoms in total. The van der Waals surface area contributed by atoms with E-state index < -0.39 is 0 Å². The second-order valence-electron chi connectivity index (χ2n) is 4.53. The minimum absolute atomic E-state index is 0.347. The van der Waals surface area contributed by atoms with Crippen LogP contribution in [0.25, 0.3) is 0 Å². The first-order chi connectivity index (χ1) is 6.98. The molecule has 82 valence electrons. The number of hydrogen-bond acceptors (Lipinski definition) is 3. The van der Waals surface area contributed by atoms with Crippen LogP contribution in [0.4, 0.5) is 0 Å². The minimum atomic E-state index is -0.347. The lowest BCUT2D eigenvalue weighted by Gasteiger charge is -2.26. The Morgan fingerprint density at radius 2 is 1.67 bits per heavy atom. The van der Waals surface area contributed by atoms with Crippen molar-refractivity contribution >= 4 is 0 Å². The molecule has 1 heterocycles. The zero-order chi connectivity index (χ0) is 11.1. The van der Waals surface area contributed by atoms with Crippen LogP contribution < -0.4 is 15.2 Å². The van der Waals surface area contributed by atoms with Gasteiger partial charge in [0.2, 0.25) is 0 Å². The van der Waals surface area contributed by atoms with Crippen molar-refractivity contribution < 1.29 is 9.47 Å². The molecule has 0 bridgehead atoms. The SMILES string of the molecule is Cc1cc2c(cc1C(C)(C)N)OCCO2. The van der Waals surface area contributed by atoms with Crippen LogP contribution in [-0.4, -0.2) is 13.2 Å². The average Bonchev–Trinajstić information content (AvgIpc) is 2.15. The largest absolute Gasteiger partial charge is 0.486 e. The summed E-state index contributed by atoms with van der Waals surface area (Å²) >= 11 is 0. The molecule has 3 heteroatoms. The first-order valence-electron chi connectivity index (χ1n) is 5.18. The molecule has 15 heavy (non-hydrogen) atoms. The molecule has 1 aliphatic heterocycles. The molecule has 0 radical (unpaired) electrons.